The van der Waals surface area contributed by atoms with Gasteiger partial charge in [-0.25, -0.2) is 0 Å². The van der Waals surface area contributed by atoms with Crippen molar-refractivity contribution in [2.75, 3.05) is 0 Å². The van der Waals surface area contributed by atoms with Crippen molar-refractivity contribution < 1.29 is 14.6 Å². The van der Waals surface area contributed by atoms with E-state index in [9.17, 15) is 9.90 Å². The summed E-state index contributed by atoms with van der Waals surface area (Å²) in [7, 11) is 0. The summed E-state index contributed by atoms with van der Waals surface area (Å²) in [5.41, 5.74) is 7.69. The molecule has 0 radical (unpaired) electrons. The van der Waals surface area contributed by atoms with Gasteiger partial charge in [0.25, 0.3) is 0 Å². The second-order valence-electron chi connectivity index (χ2n) is 4.09. The highest BCUT2D eigenvalue weighted by atomic mass is 35.5. The summed E-state index contributed by atoms with van der Waals surface area (Å²) in [6.07, 6.45) is 0.645. The van der Waals surface area contributed by atoms with E-state index in [2.05, 4.69) is 6.58 Å². The normalized spacial score (nSPS) is 11.3. The van der Waals surface area contributed by atoms with Gasteiger partial charge in [0.15, 0.2) is 11.5 Å². The van der Waals surface area contributed by atoms with Crippen molar-refractivity contribution in [3.63, 3.8) is 0 Å². The third-order valence-corrected chi connectivity index (χ3v) is 2.23. The van der Waals surface area contributed by atoms with E-state index in [1.54, 1.807) is 6.07 Å². The fourth-order valence-electron chi connectivity index (χ4n) is 1.50. The molecule has 5 heteroatoms. The first-order valence-electron chi connectivity index (χ1n) is 5.31. The minimum Gasteiger partial charge on any atom is -0.504 e. The number of aromatic hydroxyl groups is 1. The molecule has 0 amide bonds. The van der Waals surface area contributed by atoms with Gasteiger partial charge in [-0.1, -0.05) is 11.6 Å². The molecule has 0 aromatic heterocycles. The van der Waals surface area contributed by atoms with E-state index < -0.39 is 5.97 Å². The summed E-state index contributed by atoms with van der Waals surface area (Å²) >= 11 is 0. The lowest BCUT2D eigenvalue weighted by molar-refractivity contribution is -0.132. The number of benzene rings is 1. The molecule has 18 heavy (non-hydrogen) atoms. The summed E-state index contributed by atoms with van der Waals surface area (Å²) in [5, 5.41) is 9.67. The van der Waals surface area contributed by atoms with Crippen molar-refractivity contribution >= 4 is 18.4 Å². The Hall–Kier alpha value is -1.52. The standard InChI is InChI=1S/C13H17NO3.ClH/c1-8(2)6-11(14)10-4-5-13(12(16)7-10)17-9(3)15;/h4-5,7,11,16H,1,6,14H2,2-3H3;1H/t11-;/m0./s1. The van der Waals surface area contributed by atoms with E-state index in [0.717, 1.165) is 11.1 Å². The summed E-state index contributed by atoms with van der Waals surface area (Å²) in [5.74, 6) is -0.419. The minimum atomic E-state index is -0.473. The van der Waals surface area contributed by atoms with Gasteiger partial charge in [-0.15, -0.1) is 19.0 Å². The van der Waals surface area contributed by atoms with Crippen LogP contribution in [0.2, 0.25) is 0 Å². The van der Waals surface area contributed by atoms with Crippen LogP contribution in [-0.2, 0) is 4.79 Å². The van der Waals surface area contributed by atoms with Crippen LogP contribution in [0.4, 0.5) is 0 Å². The topological polar surface area (TPSA) is 72.5 Å². The van der Waals surface area contributed by atoms with Crippen molar-refractivity contribution in [1.82, 2.24) is 0 Å². The summed E-state index contributed by atoms with van der Waals surface area (Å²) in [6, 6.07) is 4.55. The molecule has 0 aliphatic rings. The number of nitrogens with two attached hydrogens (primary N) is 1. The molecule has 4 nitrogen and oxygen atoms in total. The van der Waals surface area contributed by atoms with Crippen LogP contribution in [0.3, 0.4) is 0 Å². The highest BCUT2D eigenvalue weighted by molar-refractivity contribution is 5.85. The summed E-state index contributed by atoms with van der Waals surface area (Å²) < 4.78 is 4.81. The molecule has 0 saturated heterocycles. The average molecular weight is 272 g/mol. The van der Waals surface area contributed by atoms with Gasteiger partial charge < -0.3 is 15.6 Å². The van der Waals surface area contributed by atoms with E-state index >= 15 is 0 Å². The smallest absolute Gasteiger partial charge is 0.308 e. The maximum Gasteiger partial charge on any atom is 0.308 e. The van der Waals surface area contributed by atoms with Crippen molar-refractivity contribution in [2.24, 2.45) is 5.73 Å². The summed E-state index contributed by atoms with van der Waals surface area (Å²) in [4.78, 5) is 10.8. The number of phenolic OH excluding ortho intramolecular Hbond substituents is 1. The molecule has 0 saturated carbocycles. The molecule has 0 heterocycles. The molecule has 100 valence electrons. The number of phenols is 1. The van der Waals surface area contributed by atoms with E-state index in [4.69, 9.17) is 10.5 Å². The van der Waals surface area contributed by atoms with Gasteiger partial charge in [0.2, 0.25) is 0 Å². The fourth-order valence-corrected chi connectivity index (χ4v) is 1.50. The molecule has 1 rings (SSSR count). The Morgan fingerprint density at radius 1 is 1.50 bits per heavy atom. The number of esters is 1. The second-order valence-corrected chi connectivity index (χ2v) is 4.09. The maximum absolute atomic E-state index is 10.8. The van der Waals surface area contributed by atoms with E-state index in [1.165, 1.54) is 19.1 Å². The highest BCUT2D eigenvalue weighted by Crippen LogP contribution is 2.30. The van der Waals surface area contributed by atoms with Crippen LogP contribution in [0, 0.1) is 0 Å². The number of hydrogen-bond donors (Lipinski definition) is 2. The molecule has 0 aliphatic carbocycles. The molecular formula is C13H18ClNO3. The van der Waals surface area contributed by atoms with Gasteiger partial charge in [0, 0.05) is 13.0 Å². The fraction of sp³-hybridized carbons (Fsp3) is 0.308. The van der Waals surface area contributed by atoms with Gasteiger partial charge in [-0.3, -0.25) is 4.79 Å². The first-order chi connectivity index (χ1) is 7.90. The molecule has 0 spiro atoms. The van der Waals surface area contributed by atoms with Crippen LogP contribution in [0.5, 0.6) is 11.5 Å². The molecule has 0 aliphatic heterocycles. The van der Waals surface area contributed by atoms with Crippen molar-refractivity contribution in [3.05, 3.63) is 35.9 Å². The van der Waals surface area contributed by atoms with E-state index in [0.29, 0.717) is 6.42 Å². The van der Waals surface area contributed by atoms with Crippen LogP contribution in [-0.4, -0.2) is 11.1 Å². The average Bonchev–Trinajstić information content (AvgIpc) is 2.19. The zero-order valence-electron chi connectivity index (χ0n) is 10.5. The Morgan fingerprint density at radius 2 is 2.11 bits per heavy atom. The largest absolute Gasteiger partial charge is 0.504 e. The molecule has 0 bridgehead atoms. The van der Waals surface area contributed by atoms with Crippen molar-refractivity contribution in [2.45, 2.75) is 26.3 Å². The number of carbonyl (C=O) groups excluding carboxylic acids is 1. The minimum absolute atomic E-state index is 0. The lowest BCUT2D eigenvalue weighted by atomic mass is 10.0. The quantitative estimate of drug-likeness (QED) is 0.502. The van der Waals surface area contributed by atoms with Crippen LogP contribution in [0.25, 0.3) is 0 Å². The predicted octanol–water partition coefficient (Wildman–Crippen LogP) is 2.71. The zero-order chi connectivity index (χ0) is 13.0. The van der Waals surface area contributed by atoms with Crippen LogP contribution in [0.1, 0.15) is 31.9 Å². The van der Waals surface area contributed by atoms with Gasteiger partial charge in [0.05, 0.1) is 0 Å². The van der Waals surface area contributed by atoms with Gasteiger partial charge in [0.1, 0.15) is 0 Å². The lowest BCUT2D eigenvalue weighted by Crippen LogP contribution is -2.10. The molecule has 0 unspecified atom stereocenters. The molecule has 1 atom stereocenters. The Morgan fingerprint density at radius 3 is 2.56 bits per heavy atom. The molecule has 3 N–H and O–H groups in total. The highest BCUT2D eigenvalue weighted by Gasteiger charge is 2.11. The second kappa shape index (κ2) is 7.03. The van der Waals surface area contributed by atoms with Crippen LogP contribution >= 0.6 is 12.4 Å². The molecular weight excluding hydrogens is 254 g/mol. The maximum atomic E-state index is 10.8. The SMILES string of the molecule is C=C(C)C[C@H](N)c1ccc(OC(C)=O)c(O)c1.Cl. The lowest BCUT2D eigenvalue weighted by Gasteiger charge is -2.13. The van der Waals surface area contributed by atoms with E-state index in [-0.39, 0.29) is 29.9 Å². The van der Waals surface area contributed by atoms with Crippen LogP contribution in [0.15, 0.2) is 30.4 Å². The first kappa shape index (κ1) is 16.5. The molecule has 0 fully saturated rings. The third kappa shape index (κ3) is 4.77. The number of rotatable bonds is 4. The predicted molar refractivity (Wildman–Crippen MR) is 73.0 cm³/mol. The van der Waals surface area contributed by atoms with Gasteiger partial charge in [-0.05, 0) is 31.0 Å². The van der Waals surface area contributed by atoms with Crippen molar-refractivity contribution in [3.8, 4) is 11.5 Å². The van der Waals surface area contributed by atoms with Gasteiger partial charge >= 0.3 is 5.97 Å². The molecule has 1 aromatic rings. The Balaban J connectivity index is 0.00000289. The van der Waals surface area contributed by atoms with Crippen molar-refractivity contribution in [1.29, 1.82) is 0 Å². The molecule has 1 aromatic carbocycles. The van der Waals surface area contributed by atoms with E-state index in [1.807, 2.05) is 6.92 Å². The monoisotopic (exact) mass is 271 g/mol. The number of hydrogen-bond acceptors (Lipinski definition) is 4. The van der Waals surface area contributed by atoms with Crippen LogP contribution < -0.4 is 10.5 Å². The van der Waals surface area contributed by atoms with Gasteiger partial charge in [-0.2, -0.15) is 0 Å². The number of ether oxygens (including phenoxy) is 1. The Kier molecular flexibility index (Phi) is 6.44. The zero-order valence-corrected chi connectivity index (χ0v) is 11.3. The summed E-state index contributed by atoms with van der Waals surface area (Å²) in [6.45, 7) is 6.96. The third-order valence-electron chi connectivity index (χ3n) is 2.23. The number of carbonyl (C=O) groups is 1. The Labute approximate surface area is 113 Å². The first-order valence-corrected chi connectivity index (χ1v) is 5.31. The Bertz CT molecular complexity index is 446. The number of halogens is 1.